The number of carbonyl (C=O) groups excluding carboxylic acids is 1. The number of nitrogens with one attached hydrogen (secondary N) is 1. The molecular formula is C16H22N2O2. The van der Waals surface area contributed by atoms with E-state index in [1.807, 2.05) is 18.2 Å². The minimum Gasteiger partial charge on any atom is -0.493 e. The van der Waals surface area contributed by atoms with E-state index in [-0.39, 0.29) is 11.9 Å². The van der Waals surface area contributed by atoms with Crippen LogP contribution in [-0.4, -0.2) is 18.6 Å². The summed E-state index contributed by atoms with van der Waals surface area (Å²) in [6.07, 6.45) is 5.98. The third kappa shape index (κ3) is 2.96. The number of ether oxygens (including phenoxy) is 1. The zero-order valence-electron chi connectivity index (χ0n) is 11.7. The van der Waals surface area contributed by atoms with Gasteiger partial charge >= 0.3 is 0 Å². The van der Waals surface area contributed by atoms with Crippen molar-refractivity contribution in [3.8, 4) is 5.75 Å². The van der Waals surface area contributed by atoms with Gasteiger partial charge in [0.2, 0.25) is 5.91 Å². The van der Waals surface area contributed by atoms with Gasteiger partial charge in [-0.05, 0) is 42.5 Å². The summed E-state index contributed by atoms with van der Waals surface area (Å²) in [6.45, 7) is 0.740. The lowest BCUT2D eigenvalue weighted by molar-refractivity contribution is -0.117. The first kappa shape index (κ1) is 13.4. The Labute approximate surface area is 119 Å². The van der Waals surface area contributed by atoms with Gasteiger partial charge in [0.1, 0.15) is 5.75 Å². The lowest BCUT2D eigenvalue weighted by Crippen LogP contribution is -2.35. The largest absolute Gasteiger partial charge is 0.493 e. The highest BCUT2D eigenvalue weighted by Crippen LogP contribution is 2.29. The number of rotatable bonds is 3. The lowest BCUT2D eigenvalue weighted by Gasteiger charge is -2.27. The van der Waals surface area contributed by atoms with E-state index in [1.165, 1.54) is 18.4 Å². The molecule has 0 spiro atoms. The van der Waals surface area contributed by atoms with Crippen molar-refractivity contribution in [1.29, 1.82) is 0 Å². The van der Waals surface area contributed by atoms with E-state index in [0.29, 0.717) is 12.3 Å². The summed E-state index contributed by atoms with van der Waals surface area (Å²) in [7, 11) is 0. The Hall–Kier alpha value is -1.55. The fourth-order valence-electron chi connectivity index (χ4n) is 3.20. The van der Waals surface area contributed by atoms with Crippen molar-refractivity contribution >= 4 is 11.6 Å². The quantitative estimate of drug-likeness (QED) is 0.890. The molecule has 1 aromatic rings. The first-order valence-electron chi connectivity index (χ1n) is 7.53. The Morgan fingerprint density at radius 3 is 3.05 bits per heavy atom. The fourth-order valence-corrected chi connectivity index (χ4v) is 3.20. The van der Waals surface area contributed by atoms with Gasteiger partial charge in [0.25, 0.3) is 0 Å². The van der Waals surface area contributed by atoms with E-state index in [1.54, 1.807) is 0 Å². The molecule has 108 valence electrons. The number of benzene rings is 1. The zero-order chi connectivity index (χ0) is 13.9. The summed E-state index contributed by atoms with van der Waals surface area (Å²) < 4.78 is 5.46. The maximum atomic E-state index is 12.1. The van der Waals surface area contributed by atoms with E-state index >= 15 is 0 Å². The van der Waals surface area contributed by atoms with Gasteiger partial charge in [-0.25, -0.2) is 0 Å². The summed E-state index contributed by atoms with van der Waals surface area (Å²) in [4.78, 5) is 12.1. The summed E-state index contributed by atoms with van der Waals surface area (Å²) in [6, 6.07) is 6.04. The molecule has 1 aliphatic heterocycles. The van der Waals surface area contributed by atoms with Crippen LogP contribution in [0.3, 0.4) is 0 Å². The molecular weight excluding hydrogens is 252 g/mol. The highest BCUT2D eigenvalue weighted by molar-refractivity contribution is 5.91. The third-order valence-corrected chi connectivity index (χ3v) is 4.39. The predicted molar refractivity (Wildman–Crippen MR) is 78.8 cm³/mol. The van der Waals surface area contributed by atoms with Crippen LogP contribution in [0, 0.1) is 5.92 Å². The van der Waals surface area contributed by atoms with Crippen LogP contribution >= 0.6 is 0 Å². The second kappa shape index (κ2) is 5.83. The first-order chi connectivity index (χ1) is 9.72. The second-order valence-corrected chi connectivity index (χ2v) is 5.88. The number of hydrogen-bond acceptors (Lipinski definition) is 3. The molecule has 1 saturated carbocycles. The van der Waals surface area contributed by atoms with Crippen LogP contribution in [0.15, 0.2) is 18.2 Å². The smallest absolute Gasteiger partial charge is 0.224 e. The van der Waals surface area contributed by atoms with Gasteiger partial charge in [0.05, 0.1) is 6.61 Å². The molecule has 2 atom stereocenters. The van der Waals surface area contributed by atoms with Gasteiger partial charge in [-0.3, -0.25) is 4.79 Å². The molecule has 4 heteroatoms. The van der Waals surface area contributed by atoms with Gasteiger partial charge in [0.15, 0.2) is 0 Å². The fraction of sp³-hybridized carbons (Fsp3) is 0.562. The van der Waals surface area contributed by atoms with E-state index < -0.39 is 0 Å². The van der Waals surface area contributed by atoms with E-state index in [0.717, 1.165) is 37.3 Å². The monoisotopic (exact) mass is 274 g/mol. The molecule has 1 fully saturated rings. The molecule has 4 nitrogen and oxygen atoms in total. The lowest BCUT2D eigenvalue weighted by atomic mass is 9.83. The van der Waals surface area contributed by atoms with Crippen LogP contribution in [0.2, 0.25) is 0 Å². The average Bonchev–Trinajstić information content (AvgIpc) is 2.89. The minimum atomic E-state index is 0.0752. The Kier molecular flexibility index (Phi) is 3.92. The van der Waals surface area contributed by atoms with E-state index in [9.17, 15) is 4.79 Å². The van der Waals surface area contributed by atoms with Crippen molar-refractivity contribution in [1.82, 2.24) is 0 Å². The van der Waals surface area contributed by atoms with Gasteiger partial charge < -0.3 is 15.8 Å². The molecule has 3 rings (SSSR count). The Bertz CT molecular complexity index is 501. The SMILES string of the molecule is NC1CCCCC1CC(=O)Nc1ccc2c(c1)CCO2. The van der Waals surface area contributed by atoms with Crippen molar-refractivity contribution in [2.75, 3.05) is 11.9 Å². The standard InChI is InChI=1S/C16H22N2O2/c17-14-4-2-1-3-11(14)10-16(19)18-13-5-6-15-12(9-13)7-8-20-15/h5-6,9,11,14H,1-4,7-8,10,17H2,(H,18,19). The number of carbonyl (C=O) groups is 1. The Morgan fingerprint density at radius 2 is 2.20 bits per heavy atom. The predicted octanol–water partition coefficient (Wildman–Crippen LogP) is 2.47. The van der Waals surface area contributed by atoms with Crippen LogP contribution in [-0.2, 0) is 11.2 Å². The molecule has 2 unspecified atom stereocenters. The van der Waals surface area contributed by atoms with Crippen molar-refractivity contribution in [2.24, 2.45) is 11.7 Å². The molecule has 2 aliphatic rings. The van der Waals surface area contributed by atoms with Gasteiger partial charge in [-0.15, -0.1) is 0 Å². The van der Waals surface area contributed by atoms with Crippen LogP contribution in [0.1, 0.15) is 37.7 Å². The zero-order valence-corrected chi connectivity index (χ0v) is 11.7. The molecule has 1 amide bonds. The van der Waals surface area contributed by atoms with Crippen molar-refractivity contribution in [2.45, 2.75) is 44.6 Å². The van der Waals surface area contributed by atoms with Gasteiger partial charge in [-0.1, -0.05) is 12.8 Å². The molecule has 0 saturated heterocycles. The van der Waals surface area contributed by atoms with E-state index in [2.05, 4.69) is 5.32 Å². The highest BCUT2D eigenvalue weighted by atomic mass is 16.5. The number of hydrogen-bond donors (Lipinski definition) is 2. The maximum absolute atomic E-state index is 12.1. The number of nitrogens with two attached hydrogens (primary N) is 1. The summed E-state index contributed by atoms with van der Waals surface area (Å²) in [5.41, 5.74) is 8.14. The minimum absolute atomic E-state index is 0.0752. The van der Waals surface area contributed by atoms with Gasteiger partial charge in [-0.2, -0.15) is 0 Å². The van der Waals surface area contributed by atoms with Crippen molar-refractivity contribution < 1.29 is 9.53 Å². The average molecular weight is 274 g/mol. The normalized spacial score (nSPS) is 24.9. The first-order valence-corrected chi connectivity index (χ1v) is 7.53. The molecule has 0 radical (unpaired) electrons. The third-order valence-electron chi connectivity index (χ3n) is 4.39. The summed E-state index contributed by atoms with van der Waals surface area (Å²) in [5, 5.41) is 2.99. The maximum Gasteiger partial charge on any atom is 0.224 e. The van der Waals surface area contributed by atoms with Crippen LogP contribution in [0.4, 0.5) is 5.69 Å². The number of fused-ring (bicyclic) bond motifs is 1. The topological polar surface area (TPSA) is 64.4 Å². The Morgan fingerprint density at radius 1 is 1.35 bits per heavy atom. The second-order valence-electron chi connectivity index (χ2n) is 5.88. The summed E-state index contributed by atoms with van der Waals surface area (Å²) >= 11 is 0. The molecule has 1 heterocycles. The number of anilines is 1. The summed E-state index contributed by atoms with van der Waals surface area (Å²) in [5.74, 6) is 1.35. The van der Waals surface area contributed by atoms with Crippen molar-refractivity contribution in [3.63, 3.8) is 0 Å². The van der Waals surface area contributed by atoms with Crippen LogP contribution in [0.5, 0.6) is 5.75 Å². The number of amides is 1. The van der Waals surface area contributed by atoms with Crippen LogP contribution in [0.25, 0.3) is 0 Å². The van der Waals surface area contributed by atoms with Crippen molar-refractivity contribution in [3.05, 3.63) is 23.8 Å². The molecule has 0 bridgehead atoms. The van der Waals surface area contributed by atoms with Crippen LogP contribution < -0.4 is 15.8 Å². The Balaban J connectivity index is 1.58. The highest BCUT2D eigenvalue weighted by Gasteiger charge is 2.24. The molecule has 1 aliphatic carbocycles. The molecule has 20 heavy (non-hydrogen) atoms. The molecule has 0 aromatic heterocycles. The van der Waals surface area contributed by atoms with E-state index in [4.69, 9.17) is 10.5 Å². The van der Waals surface area contributed by atoms with Gasteiger partial charge in [0, 0.05) is 24.6 Å². The molecule has 3 N–H and O–H groups in total. The molecule has 1 aromatic carbocycles.